The molecule has 2 aromatic rings. The molecule has 0 atom stereocenters. The summed E-state index contributed by atoms with van der Waals surface area (Å²) in [6, 6.07) is 10.2. The predicted octanol–water partition coefficient (Wildman–Crippen LogP) is 2.84. The van der Waals surface area contributed by atoms with Crippen molar-refractivity contribution in [1.82, 2.24) is 14.6 Å². The summed E-state index contributed by atoms with van der Waals surface area (Å²) in [6.07, 6.45) is 5.62. The third kappa shape index (κ3) is 4.72. The van der Waals surface area contributed by atoms with Crippen molar-refractivity contribution in [1.29, 1.82) is 0 Å². The predicted molar refractivity (Wildman–Crippen MR) is 100 cm³/mol. The Balaban J connectivity index is 1.76. The monoisotopic (exact) mass is 377 g/mol. The number of hydroxylamine groups is 2. The summed E-state index contributed by atoms with van der Waals surface area (Å²) in [7, 11) is -3.35. The molecule has 1 fully saturated rings. The lowest BCUT2D eigenvalue weighted by Gasteiger charge is -2.26. The molecular formula is C19H27N3O3S. The molecule has 0 unspecified atom stereocenters. The summed E-state index contributed by atoms with van der Waals surface area (Å²) in [4.78, 5) is 9.92. The largest absolute Gasteiger partial charge is 0.318 e. The Hall–Kier alpha value is -1.70. The number of imidazole rings is 1. The molecule has 0 bridgehead atoms. The van der Waals surface area contributed by atoms with Crippen molar-refractivity contribution in [2.75, 3.05) is 18.9 Å². The van der Waals surface area contributed by atoms with Crippen molar-refractivity contribution in [3.8, 4) is 0 Å². The summed E-state index contributed by atoms with van der Waals surface area (Å²) in [5, 5.41) is 2.09. The Morgan fingerprint density at radius 1 is 1.19 bits per heavy atom. The van der Waals surface area contributed by atoms with Crippen molar-refractivity contribution < 1.29 is 13.3 Å². The second-order valence-corrected chi connectivity index (χ2v) is 8.75. The third-order valence-corrected chi connectivity index (χ3v) is 6.31. The van der Waals surface area contributed by atoms with Gasteiger partial charge in [0.05, 0.1) is 30.8 Å². The molecule has 3 rings (SSSR count). The number of hydrogen-bond acceptors (Lipinski definition) is 5. The van der Waals surface area contributed by atoms with Gasteiger partial charge in [0.25, 0.3) is 0 Å². The number of hydrogen-bond donors (Lipinski definition) is 0. The molecule has 0 N–H and O–H groups in total. The second-order valence-electron chi connectivity index (χ2n) is 6.58. The van der Waals surface area contributed by atoms with Gasteiger partial charge >= 0.3 is 0 Å². The topological polar surface area (TPSA) is 64.4 Å². The van der Waals surface area contributed by atoms with Crippen LogP contribution < -0.4 is 0 Å². The number of aromatic nitrogens is 2. The Morgan fingerprint density at radius 3 is 2.69 bits per heavy atom. The van der Waals surface area contributed by atoms with Gasteiger partial charge in [0.1, 0.15) is 0 Å². The number of aryl methyl sites for hydroxylation is 1. The van der Waals surface area contributed by atoms with E-state index in [1.165, 1.54) is 5.56 Å². The molecule has 26 heavy (non-hydrogen) atoms. The van der Waals surface area contributed by atoms with Gasteiger partial charge in [0.2, 0.25) is 15.0 Å². The molecule has 0 saturated carbocycles. The van der Waals surface area contributed by atoms with Gasteiger partial charge in [-0.15, -0.1) is 0 Å². The fraction of sp³-hybridized carbons (Fsp3) is 0.526. The number of nitrogens with zero attached hydrogens (tertiary/aromatic N) is 3. The average Bonchev–Trinajstić information content (AvgIpc) is 3.07. The van der Waals surface area contributed by atoms with Crippen molar-refractivity contribution in [3.63, 3.8) is 0 Å². The van der Waals surface area contributed by atoms with E-state index in [1.54, 1.807) is 13.1 Å². The van der Waals surface area contributed by atoms with Gasteiger partial charge in [-0.05, 0) is 31.2 Å². The van der Waals surface area contributed by atoms with Crippen molar-refractivity contribution in [3.05, 3.63) is 47.8 Å². The standard InChI is InChI=1S/C19H27N3O3S/c1-2-26(23,24)19-20-15-18(16-21-12-6-7-14-25-21)22(19)13-8-11-17-9-4-3-5-10-17/h3-5,9-10,15H,2,6-8,11-14,16H2,1H3. The van der Waals surface area contributed by atoms with E-state index >= 15 is 0 Å². The molecule has 1 aromatic carbocycles. The van der Waals surface area contributed by atoms with Crippen LogP contribution in [0.4, 0.5) is 0 Å². The summed E-state index contributed by atoms with van der Waals surface area (Å²) in [5.74, 6) is 0.0579. The molecule has 1 aliphatic heterocycles. The molecule has 0 amide bonds. The van der Waals surface area contributed by atoms with Gasteiger partial charge in [-0.3, -0.25) is 4.84 Å². The molecule has 7 heteroatoms. The summed E-state index contributed by atoms with van der Waals surface area (Å²) >= 11 is 0. The summed E-state index contributed by atoms with van der Waals surface area (Å²) in [6.45, 7) is 4.45. The fourth-order valence-corrected chi connectivity index (χ4v) is 4.19. The zero-order valence-corrected chi connectivity index (χ0v) is 16.1. The van der Waals surface area contributed by atoms with E-state index in [0.29, 0.717) is 13.1 Å². The van der Waals surface area contributed by atoms with E-state index in [0.717, 1.165) is 44.5 Å². The van der Waals surface area contributed by atoms with Crippen molar-refractivity contribution >= 4 is 9.84 Å². The van der Waals surface area contributed by atoms with Crippen LogP contribution in [0.3, 0.4) is 0 Å². The Morgan fingerprint density at radius 2 is 2.00 bits per heavy atom. The van der Waals surface area contributed by atoms with Crippen LogP contribution in [0, 0.1) is 0 Å². The second kappa shape index (κ2) is 8.79. The molecule has 1 aromatic heterocycles. The molecule has 0 spiro atoms. The minimum absolute atomic E-state index is 0.0579. The first-order chi connectivity index (χ1) is 12.6. The van der Waals surface area contributed by atoms with E-state index in [1.807, 2.05) is 27.8 Å². The Kier molecular flexibility index (Phi) is 6.45. The van der Waals surface area contributed by atoms with Crippen LogP contribution in [-0.4, -0.2) is 41.9 Å². The van der Waals surface area contributed by atoms with Gasteiger partial charge < -0.3 is 4.57 Å². The molecule has 6 nitrogen and oxygen atoms in total. The van der Waals surface area contributed by atoms with E-state index < -0.39 is 9.84 Å². The lowest BCUT2D eigenvalue weighted by atomic mass is 10.1. The third-order valence-electron chi connectivity index (χ3n) is 4.66. The van der Waals surface area contributed by atoms with Crippen LogP contribution in [0.1, 0.15) is 37.4 Å². The molecule has 1 saturated heterocycles. The van der Waals surface area contributed by atoms with E-state index in [2.05, 4.69) is 17.1 Å². The highest BCUT2D eigenvalue weighted by Gasteiger charge is 2.23. The van der Waals surface area contributed by atoms with Crippen LogP contribution in [0.25, 0.3) is 0 Å². The first kappa shape index (κ1) is 19.1. The van der Waals surface area contributed by atoms with E-state index in [4.69, 9.17) is 4.84 Å². The number of sulfone groups is 1. The summed E-state index contributed by atoms with van der Waals surface area (Å²) < 4.78 is 26.7. The van der Waals surface area contributed by atoms with Crippen LogP contribution in [0.2, 0.25) is 0 Å². The summed E-state index contributed by atoms with van der Waals surface area (Å²) in [5.41, 5.74) is 2.15. The quantitative estimate of drug-likeness (QED) is 0.708. The minimum atomic E-state index is -3.35. The van der Waals surface area contributed by atoms with Crippen LogP contribution in [-0.2, 0) is 34.2 Å². The SMILES string of the molecule is CCS(=O)(=O)c1ncc(CN2CCCCO2)n1CCCc1ccccc1. The van der Waals surface area contributed by atoms with E-state index in [9.17, 15) is 8.42 Å². The lowest BCUT2D eigenvalue weighted by molar-refractivity contribution is -0.188. The highest BCUT2D eigenvalue weighted by Crippen LogP contribution is 2.18. The van der Waals surface area contributed by atoms with Crippen molar-refractivity contribution in [2.45, 2.75) is 50.9 Å². The van der Waals surface area contributed by atoms with Crippen LogP contribution in [0.15, 0.2) is 41.7 Å². The minimum Gasteiger partial charge on any atom is -0.318 e. The normalized spacial score (nSPS) is 16.0. The first-order valence-corrected chi connectivity index (χ1v) is 10.9. The molecule has 142 valence electrons. The highest BCUT2D eigenvalue weighted by molar-refractivity contribution is 7.91. The number of rotatable bonds is 8. The van der Waals surface area contributed by atoms with Gasteiger partial charge in [-0.25, -0.2) is 13.4 Å². The van der Waals surface area contributed by atoms with Crippen LogP contribution >= 0.6 is 0 Å². The zero-order chi connectivity index (χ0) is 18.4. The maximum atomic E-state index is 12.4. The molecular weight excluding hydrogens is 350 g/mol. The van der Waals surface area contributed by atoms with E-state index in [-0.39, 0.29) is 10.9 Å². The number of benzene rings is 1. The maximum Gasteiger partial charge on any atom is 0.227 e. The lowest BCUT2D eigenvalue weighted by Crippen LogP contribution is -2.30. The maximum absolute atomic E-state index is 12.4. The van der Waals surface area contributed by atoms with Crippen molar-refractivity contribution in [2.24, 2.45) is 0 Å². The first-order valence-electron chi connectivity index (χ1n) is 9.29. The van der Waals surface area contributed by atoms with Gasteiger partial charge in [0, 0.05) is 13.1 Å². The molecule has 2 heterocycles. The molecule has 0 radical (unpaired) electrons. The Labute approximate surface area is 155 Å². The zero-order valence-electron chi connectivity index (χ0n) is 15.3. The van der Waals surface area contributed by atoms with Gasteiger partial charge in [-0.2, -0.15) is 5.06 Å². The smallest absolute Gasteiger partial charge is 0.227 e. The van der Waals surface area contributed by atoms with Gasteiger partial charge in [-0.1, -0.05) is 37.3 Å². The highest BCUT2D eigenvalue weighted by atomic mass is 32.2. The molecule has 1 aliphatic rings. The molecule has 0 aliphatic carbocycles. The fourth-order valence-electron chi connectivity index (χ4n) is 3.17. The average molecular weight is 378 g/mol. The van der Waals surface area contributed by atoms with Gasteiger partial charge in [0.15, 0.2) is 0 Å². The Bertz CT molecular complexity index is 797. The van der Waals surface area contributed by atoms with Crippen LogP contribution in [0.5, 0.6) is 0 Å².